The van der Waals surface area contributed by atoms with Crippen molar-refractivity contribution in [2.75, 3.05) is 35.7 Å². The number of anilines is 3. The molecule has 1 unspecified atom stereocenters. The number of carbonyl (C=O) groups is 3. The van der Waals surface area contributed by atoms with E-state index in [1.54, 1.807) is 22.9 Å². The zero-order valence-electron chi connectivity index (χ0n) is 18.5. The van der Waals surface area contributed by atoms with Crippen LogP contribution in [0, 0.1) is 0 Å². The molecule has 31 heavy (non-hydrogen) atoms. The fourth-order valence-corrected chi connectivity index (χ4v) is 3.75. The van der Waals surface area contributed by atoms with Crippen molar-refractivity contribution in [3.63, 3.8) is 0 Å². The molecule has 0 spiro atoms. The number of para-hydroxylation sites is 2. The predicted molar refractivity (Wildman–Crippen MR) is 123 cm³/mol. The number of nitrogens with one attached hydrogen (secondary N) is 2. The van der Waals surface area contributed by atoms with Gasteiger partial charge in [0.15, 0.2) is 0 Å². The largest absolute Gasteiger partial charge is 0.325 e. The van der Waals surface area contributed by atoms with Crippen molar-refractivity contribution in [2.24, 2.45) is 0 Å². The van der Waals surface area contributed by atoms with Crippen LogP contribution in [0.3, 0.4) is 0 Å². The molecule has 164 valence electrons. The van der Waals surface area contributed by atoms with Gasteiger partial charge in [0, 0.05) is 18.2 Å². The minimum Gasteiger partial charge on any atom is -0.325 e. The first-order valence-electron chi connectivity index (χ1n) is 10.5. The van der Waals surface area contributed by atoms with E-state index in [1.807, 2.05) is 49.4 Å². The number of likely N-dealkylation sites (N-methyl/N-ethyl adjacent to an activating group) is 1. The highest BCUT2D eigenvalue weighted by molar-refractivity contribution is 6.05. The van der Waals surface area contributed by atoms with Crippen molar-refractivity contribution in [1.82, 2.24) is 4.90 Å². The van der Waals surface area contributed by atoms with Gasteiger partial charge in [-0.15, -0.1) is 0 Å². The van der Waals surface area contributed by atoms with Crippen LogP contribution in [0.4, 0.5) is 17.1 Å². The molecule has 0 bridgehead atoms. The Morgan fingerprint density at radius 2 is 1.90 bits per heavy atom. The molecule has 2 aromatic rings. The van der Waals surface area contributed by atoms with Crippen molar-refractivity contribution in [3.8, 4) is 0 Å². The quantitative estimate of drug-likeness (QED) is 0.747. The fourth-order valence-electron chi connectivity index (χ4n) is 3.75. The highest BCUT2D eigenvalue weighted by Gasteiger charge is 2.30. The Hall–Kier alpha value is -3.19. The first-order valence-corrected chi connectivity index (χ1v) is 10.5. The summed E-state index contributed by atoms with van der Waals surface area (Å²) in [6.07, 6.45) is 0.219. The van der Waals surface area contributed by atoms with Gasteiger partial charge >= 0.3 is 0 Å². The SMILES string of the molecule is CC(C)c1cccc(NC(=O)CN(C)CC(=O)N2c3ccccc3NC(=O)CC2C)c1. The average molecular weight is 423 g/mol. The van der Waals surface area contributed by atoms with Gasteiger partial charge in [-0.1, -0.05) is 38.1 Å². The third-order valence-corrected chi connectivity index (χ3v) is 5.28. The molecule has 2 N–H and O–H groups in total. The number of nitrogens with zero attached hydrogens (tertiary/aromatic N) is 2. The molecule has 1 aliphatic heterocycles. The standard InChI is InChI=1S/C24H30N4O3/c1-16(2)18-8-7-9-19(13-18)25-23(30)14-27(4)15-24(31)28-17(3)12-22(29)26-20-10-5-6-11-21(20)28/h5-11,13,16-17H,12,14-15H2,1-4H3,(H,25,30)(H,26,29). The first kappa shape index (κ1) is 22.5. The Morgan fingerprint density at radius 3 is 2.65 bits per heavy atom. The second-order valence-corrected chi connectivity index (χ2v) is 8.38. The van der Waals surface area contributed by atoms with Crippen molar-refractivity contribution in [1.29, 1.82) is 0 Å². The monoisotopic (exact) mass is 422 g/mol. The fraction of sp³-hybridized carbons (Fsp3) is 0.375. The van der Waals surface area contributed by atoms with E-state index in [0.29, 0.717) is 17.3 Å². The van der Waals surface area contributed by atoms with Crippen LogP contribution in [0.5, 0.6) is 0 Å². The lowest BCUT2D eigenvalue weighted by atomic mass is 10.0. The summed E-state index contributed by atoms with van der Waals surface area (Å²) in [5, 5.41) is 5.75. The van der Waals surface area contributed by atoms with Crippen LogP contribution < -0.4 is 15.5 Å². The molecule has 1 aliphatic rings. The lowest BCUT2D eigenvalue weighted by Gasteiger charge is -2.29. The lowest BCUT2D eigenvalue weighted by Crippen LogP contribution is -2.45. The third kappa shape index (κ3) is 5.70. The number of amides is 3. The first-order chi connectivity index (χ1) is 14.7. The van der Waals surface area contributed by atoms with E-state index < -0.39 is 0 Å². The summed E-state index contributed by atoms with van der Waals surface area (Å²) in [4.78, 5) is 41.0. The summed E-state index contributed by atoms with van der Waals surface area (Å²) < 4.78 is 0. The molecule has 0 radical (unpaired) electrons. The molecule has 1 heterocycles. The normalized spacial score (nSPS) is 16.0. The summed E-state index contributed by atoms with van der Waals surface area (Å²) in [6.45, 7) is 6.20. The van der Waals surface area contributed by atoms with Crippen LogP contribution >= 0.6 is 0 Å². The molecule has 0 aromatic heterocycles. The minimum absolute atomic E-state index is 0.0618. The zero-order valence-corrected chi connectivity index (χ0v) is 18.5. The summed E-state index contributed by atoms with van der Waals surface area (Å²) in [7, 11) is 1.74. The number of hydrogen-bond acceptors (Lipinski definition) is 4. The van der Waals surface area contributed by atoms with Gasteiger partial charge in [-0.05, 0) is 49.7 Å². The number of rotatable bonds is 6. The molecule has 1 atom stereocenters. The molecule has 0 aliphatic carbocycles. The van der Waals surface area contributed by atoms with Crippen LogP contribution in [0.15, 0.2) is 48.5 Å². The molecule has 7 nitrogen and oxygen atoms in total. The number of hydrogen-bond donors (Lipinski definition) is 2. The van der Waals surface area contributed by atoms with Gasteiger partial charge in [0.05, 0.1) is 24.5 Å². The van der Waals surface area contributed by atoms with Crippen LogP contribution in [-0.4, -0.2) is 48.8 Å². The van der Waals surface area contributed by atoms with Gasteiger partial charge in [-0.2, -0.15) is 0 Å². The van der Waals surface area contributed by atoms with Crippen LogP contribution in [0.25, 0.3) is 0 Å². The van der Waals surface area contributed by atoms with E-state index in [1.165, 1.54) is 0 Å². The molecule has 2 aromatic carbocycles. The second-order valence-electron chi connectivity index (χ2n) is 8.38. The lowest BCUT2D eigenvalue weighted by molar-refractivity contribution is -0.121. The number of benzene rings is 2. The van der Waals surface area contributed by atoms with Gasteiger partial charge < -0.3 is 15.5 Å². The smallest absolute Gasteiger partial charge is 0.241 e. The van der Waals surface area contributed by atoms with E-state index in [4.69, 9.17) is 0 Å². The zero-order chi connectivity index (χ0) is 22.5. The topological polar surface area (TPSA) is 81.8 Å². The molecule has 0 fully saturated rings. The maximum absolute atomic E-state index is 13.1. The van der Waals surface area contributed by atoms with Crippen molar-refractivity contribution in [2.45, 2.75) is 39.2 Å². The minimum atomic E-state index is -0.280. The third-order valence-electron chi connectivity index (χ3n) is 5.28. The van der Waals surface area contributed by atoms with Gasteiger partial charge in [0.1, 0.15) is 0 Å². The molecular formula is C24H30N4O3. The Kier molecular flexibility index (Phi) is 7.07. The van der Waals surface area contributed by atoms with E-state index in [9.17, 15) is 14.4 Å². The maximum atomic E-state index is 13.1. The highest BCUT2D eigenvalue weighted by Crippen LogP contribution is 2.31. The van der Waals surface area contributed by atoms with Gasteiger partial charge in [0.2, 0.25) is 17.7 Å². The van der Waals surface area contributed by atoms with Crippen molar-refractivity contribution < 1.29 is 14.4 Å². The molecular weight excluding hydrogens is 392 g/mol. The second kappa shape index (κ2) is 9.75. The predicted octanol–water partition coefficient (Wildman–Crippen LogP) is 3.44. The summed E-state index contributed by atoms with van der Waals surface area (Å²) in [6, 6.07) is 14.8. The Balaban J connectivity index is 1.64. The number of fused-ring (bicyclic) bond motifs is 1. The Labute approximate surface area is 183 Å². The van der Waals surface area contributed by atoms with E-state index >= 15 is 0 Å². The molecule has 3 amide bonds. The highest BCUT2D eigenvalue weighted by atomic mass is 16.2. The summed E-state index contributed by atoms with van der Waals surface area (Å²) >= 11 is 0. The van der Waals surface area contributed by atoms with Crippen LogP contribution in [0.2, 0.25) is 0 Å². The van der Waals surface area contributed by atoms with Crippen LogP contribution in [0.1, 0.15) is 38.7 Å². The van der Waals surface area contributed by atoms with E-state index in [-0.39, 0.29) is 43.3 Å². The molecule has 0 saturated heterocycles. The molecule has 0 saturated carbocycles. The summed E-state index contributed by atoms with van der Waals surface area (Å²) in [5.74, 6) is -0.0884. The number of carbonyl (C=O) groups excluding carboxylic acids is 3. The Morgan fingerprint density at radius 1 is 1.16 bits per heavy atom. The van der Waals surface area contributed by atoms with Crippen molar-refractivity contribution >= 4 is 34.8 Å². The molecule has 3 rings (SSSR count). The van der Waals surface area contributed by atoms with Gasteiger partial charge in [-0.25, -0.2) is 0 Å². The Bertz CT molecular complexity index is 973. The summed E-state index contributed by atoms with van der Waals surface area (Å²) in [5.41, 5.74) is 3.19. The van der Waals surface area contributed by atoms with Gasteiger partial charge in [-0.3, -0.25) is 19.3 Å². The van der Waals surface area contributed by atoms with Crippen LogP contribution in [-0.2, 0) is 14.4 Å². The van der Waals surface area contributed by atoms with Gasteiger partial charge in [0.25, 0.3) is 0 Å². The van der Waals surface area contributed by atoms with Crippen molar-refractivity contribution in [3.05, 3.63) is 54.1 Å². The van der Waals surface area contributed by atoms with E-state index in [0.717, 1.165) is 11.3 Å². The maximum Gasteiger partial charge on any atom is 0.241 e. The molecule has 7 heteroatoms. The average Bonchev–Trinajstić information content (AvgIpc) is 2.81. The van der Waals surface area contributed by atoms with E-state index in [2.05, 4.69) is 24.5 Å².